The number of anilines is 1. The van der Waals surface area contributed by atoms with Gasteiger partial charge in [0.1, 0.15) is 17.9 Å². The zero-order valence-electron chi connectivity index (χ0n) is 16.9. The van der Waals surface area contributed by atoms with Gasteiger partial charge in [0.15, 0.2) is 5.82 Å². The molecule has 0 radical (unpaired) electrons. The molecule has 0 atom stereocenters. The summed E-state index contributed by atoms with van der Waals surface area (Å²) in [5, 5.41) is 19.9. The van der Waals surface area contributed by atoms with Gasteiger partial charge in [0.05, 0.1) is 5.39 Å². The van der Waals surface area contributed by atoms with Gasteiger partial charge >= 0.3 is 0 Å². The van der Waals surface area contributed by atoms with E-state index in [0.29, 0.717) is 16.6 Å². The topological polar surface area (TPSA) is 108 Å². The first-order valence-corrected chi connectivity index (χ1v) is 10.3. The lowest BCUT2D eigenvalue weighted by molar-refractivity contribution is -0.117. The molecule has 4 aromatic rings. The van der Waals surface area contributed by atoms with E-state index >= 15 is 0 Å². The third-order valence-corrected chi connectivity index (χ3v) is 5.44. The molecule has 31 heavy (non-hydrogen) atoms. The lowest BCUT2D eigenvalue weighted by atomic mass is 10.2. The highest BCUT2D eigenvalue weighted by molar-refractivity contribution is 5.91. The second-order valence-electron chi connectivity index (χ2n) is 7.60. The smallest absolute Gasteiger partial charge is 0.278 e. The number of carbonyl (C=O) groups excluding carboxylic acids is 1. The van der Waals surface area contributed by atoms with E-state index in [1.165, 1.54) is 6.42 Å². The molecule has 156 valence electrons. The molecule has 5 rings (SSSR count). The molecule has 0 spiro atoms. The summed E-state index contributed by atoms with van der Waals surface area (Å²) in [6, 6.07) is 14.4. The average molecular weight is 415 g/mol. The van der Waals surface area contributed by atoms with E-state index in [0.717, 1.165) is 47.7 Å². The van der Waals surface area contributed by atoms with Crippen molar-refractivity contribution in [3.05, 3.63) is 64.7 Å². The Morgan fingerprint density at radius 2 is 1.90 bits per heavy atom. The molecule has 0 aliphatic carbocycles. The average Bonchev–Trinajstić information content (AvgIpc) is 3.04. The summed E-state index contributed by atoms with van der Waals surface area (Å²) < 4.78 is 3.23. The summed E-state index contributed by atoms with van der Waals surface area (Å²) in [6.07, 6.45) is 4.36. The molecule has 0 saturated carbocycles. The summed E-state index contributed by atoms with van der Waals surface area (Å²) in [6.45, 7) is 0.680. The number of aromatic nitrogens is 6. The number of amides is 1. The lowest BCUT2D eigenvalue weighted by Gasteiger charge is -2.10. The quantitative estimate of drug-likeness (QED) is 0.548. The van der Waals surface area contributed by atoms with Crippen molar-refractivity contribution in [3.8, 4) is 11.4 Å². The molecular formula is C22H21N7O2. The summed E-state index contributed by atoms with van der Waals surface area (Å²) >= 11 is 0. The van der Waals surface area contributed by atoms with Crippen LogP contribution in [0.25, 0.3) is 22.3 Å². The van der Waals surface area contributed by atoms with Gasteiger partial charge in [-0.05, 0) is 37.1 Å². The Labute approximate surface area is 177 Å². The molecule has 1 aliphatic rings. The second kappa shape index (κ2) is 8.10. The molecule has 0 unspecified atom stereocenters. The monoisotopic (exact) mass is 415 g/mol. The van der Waals surface area contributed by atoms with Crippen LogP contribution in [0.4, 0.5) is 5.69 Å². The predicted octanol–water partition coefficient (Wildman–Crippen LogP) is 2.42. The highest BCUT2D eigenvalue weighted by atomic mass is 16.2. The van der Waals surface area contributed by atoms with Crippen LogP contribution in [0.3, 0.4) is 0 Å². The van der Waals surface area contributed by atoms with Gasteiger partial charge in [-0.25, -0.2) is 4.68 Å². The Bertz CT molecular complexity index is 1320. The highest BCUT2D eigenvalue weighted by Crippen LogP contribution is 2.24. The maximum atomic E-state index is 12.6. The van der Waals surface area contributed by atoms with Crippen LogP contribution in [-0.2, 0) is 24.3 Å². The van der Waals surface area contributed by atoms with E-state index in [1.807, 2.05) is 18.2 Å². The number of benzene rings is 2. The van der Waals surface area contributed by atoms with Gasteiger partial charge in [-0.3, -0.25) is 9.59 Å². The fourth-order valence-electron chi connectivity index (χ4n) is 3.90. The molecule has 2 aromatic carbocycles. The molecule has 2 aromatic heterocycles. The van der Waals surface area contributed by atoms with Gasteiger partial charge in [0.2, 0.25) is 5.91 Å². The molecule has 1 aliphatic heterocycles. The maximum Gasteiger partial charge on any atom is 0.278 e. The Hall–Kier alpha value is -3.88. The predicted molar refractivity (Wildman–Crippen MR) is 115 cm³/mol. The largest absolute Gasteiger partial charge is 0.324 e. The van der Waals surface area contributed by atoms with E-state index in [-0.39, 0.29) is 18.0 Å². The lowest BCUT2D eigenvalue weighted by Crippen LogP contribution is -2.30. The normalized spacial score (nSPS) is 13.5. The zero-order chi connectivity index (χ0) is 21.2. The minimum Gasteiger partial charge on any atom is -0.324 e. The minimum atomic E-state index is -0.357. The molecule has 0 saturated heterocycles. The first-order valence-electron chi connectivity index (χ1n) is 10.3. The molecule has 1 amide bonds. The standard InChI is InChI=1S/C22H21N7O2/c30-20(14-29-22(31)17-9-3-4-10-18(17)24-27-29)23-16-8-6-7-15(13-16)21-26-25-19-11-2-1-5-12-28(19)21/h3-4,6-10,13H,1-2,5,11-12,14H2,(H,23,30). The molecule has 9 nitrogen and oxygen atoms in total. The molecule has 1 N–H and O–H groups in total. The highest BCUT2D eigenvalue weighted by Gasteiger charge is 2.16. The summed E-state index contributed by atoms with van der Waals surface area (Å²) in [7, 11) is 0. The number of aryl methyl sites for hydroxylation is 1. The van der Waals surface area contributed by atoms with Crippen molar-refractivity contribution in [1.82, 2.24) is 29.8 Å². The number of hydrogen-bond acceptors (Lipinski definition) is 6. The Morgan fingerprint density at radius 3 is 2.84 bits per heavy atom. The van der Waals surface area contributed by atoms with E-state index in [1.54, 1.807) is 30.3 Å². The number of fused-ring (bicyclic) bond motifs is 2. The second-order valence-corrected chi connectivity index (χ2v) is 7.60. The fourth-order valence-corrected chi connectivity index (χ4v) is 3.90. The van der Waals surface area contributed by atoms with Gasteiger partial charge < -0.3 is 9.88 Å². The van der Waals surface area contributed by atoms with E-state index in [9.17, 15) is 9.59 Å². The van der Waals surface area contributed by atoms with Crippen LogP contribution in [0.5, 0.6) is 0 Å². The Morgan fingerprint density at radius 1 is 1.00 bits per heavy atom. The number of hydrogen-bond donors (Lipinski definition) is 1. The van der Waals surface area contributed by atoms with Gasteiger partial charge in [-0.1, -0.05) is 35.9 Å². The van der Waals surface area contributed by atoms with Crippen molar-refractivity contribution in [2.24, 2.45) is 0 Å². The van der Waals surface area contributed by atoms with Gasteiger partial charge in [-0.15, -0.1) is 15.3 Å². The summed E-state index contributed by atoms with van der Waals surface area (Å²) in [5.41, 5.74) is 1.67. The fraction of sp³-hybridized carbons (Fsp3) is 0.273. The number of rotatable bonds is 4. The van der Waals surface area contributed by atoms with Crippen LogP contribution in [0.15, 0.2) is 53.3 Å². The van der Waals surface area contributed by atoms with Crippen LogP contribution >= 0.6 is 0 Å². The van der Waals surface area contributed by atoms with E-state index in [2.05, 4.69) is 30.4 Å². The third-order valence-electron chi connectivity index (χ3n) is 5.44. The van der Waals surface area contributed by atoms with Gasteiger partial charge in [0, 0.05) is 24.2 Å². The van der Waals surface area contributed by atoms with Crippen LogP contribution in [0, 0.1) is 0 Å². The molecule has 0 fully saturated rings. The molecular weight excluding hydrogens is 394 g/mol. The van der Waals surface area contributed by atoms with Gasteiger partial charge in [0.25, 0.3) is 5.56 Å². The summed E-state index contributed by atoms with van der Waals surface area (Å²) in [4.78, 5) is 25.1. The minimum absolute atomic E-state index is 0.221. The van der Waals surface area contributed by atoms with Crippen LogP contribution in [0.1, 0.15) is 25.1 Å². The zero-order valence-corrected chi connectivity index (χ0v) is 16.9. The van der Waals surface area contributed by atoms with Crippen LogP contribution in [0.2, 0.25) is 0 Å². The van der Waals surface area contributed by atoms with Crippen molar-refractivity contribution < 1.29 is 4.79 Å². The SMILES string of the molecule is O=C(Cn1nnc2ccccc2c1=O)Nc1cccc(-c2nnc3n2CCCCC3)c1. The van der Waals surface area contributed by atoms with Crippen molar-refractivity contribution >= 4 is 22.5 Å². The van der Waals surface area contributed by atoms with Crippen molar-refractivity contribution in [2.75, 3.05) is 5.32 Å². The first-order chi connectivity index (χ1) is 15.2. The van der Waals surface area contributed by atoms with E-state index < -0.39 is 0 Å². The number of nitrogens with zero attached hydrogens (tertiary/aromatic N) is 6. The number of carbonyl (C=O) groups is 1. The van der Waals surface area contributed by atoms with Crippen molar-refractivity contribution in [2.45, 2.75) is 38.8 Å². The Kier molecular flexibility index (Phi) is 4.99. The third kappa shape index (κ3) is 3.81. The summed E-state index contributed by atoms with van der Waals surface area (Å²) in [5.74, 6) is 1.46. The van der Waals surface area contributed by atoms with Crippen LogP contribution < -0.4 is 10.9 Å². The number of nitrogens with one attached hydrogen (secondary N) is 1. The maximum absolute atomic E-state index is 12.6. The van der Waals surface area contributed by atoms with Gasteiger partial charge in [-0.2, -0.15) is 0 Å². The van der Waals surface area contributed by atoms with E-state index in [4.69, 9.17) is 0 Å². The Balaban J connectivity index is 1.36. The first kappa shape index (κ1) is 19.1. The molecule has 9 heteroatoms. The van der Waals surface area contributed by atoms with Crippen molar-refractivity contribution in [3.63, 3.8) is 0 Å². The van der Waals surface area contributed by atoms with Crippen molar-refractivity contribution in [1.29, 1.82) is 0 Å². The molecule has 0 bridgehead atoms. The molecule has 3 heterocycles. The van der Waals surface area contributed by atoms with Crippen LogP contribution in [-0.4, -0.2) is 35.7 Å².